The molecule has 1 rings (SSSR count). The Morgan fingerprint density at radius 1 is 1.89 bits per heavy atom. The minimum atomic E-state index is 0.0712. The Morgan fingerprint density at radius 2 is 2.56 bits per heavy atom. The molecule has 1 heterocycles. The summed E-state index contributed by atoms with van der Waals surface area (Å²) in [6.07, 6.45) is 1.02. The summed E-state index contributed by atoms with van der Waals surface area (Å²) in [5, 5.41) is 3.03. The first-order valence-electron chi connectivity index (χ1n) is 3.11. The zero-order valence-corrected chi connectivity index (χ0v) is 6.55. The van der Waals surface area contributed by atoms with Crippen LogP contribution in [0.4, 0.5) is 4.79 Å². The van der Waals surface area contributed by atoms with Crippen molar-refractivity contribution in [2.75, 3.05) is 5.75 Å². The molecule has 0 saturated carbocycles. The van der Waals surface area contributed by atoms with Crippen LogP contribution in [0.25, 0.3) is 0 Å². The molecule has 1 saturated heterocycles. The maximum absolute atomic E-state index is 10.7. The Morgan fingerprint density at radius 3 is 2.78 bits per heavy atom. The fourth-order valence-corrected chi connectivity index (χ4v) is 1.78. The van der Waals surface area contributed by atoms with E-state index in [1.54, 1.807) is 0 Å². The molecule has 52 valence electrons. The van der Waals surface area contributed by atoms with Gasteiger partial charge in [-0.25, -0.2) is 0 Å². The molecule has 1 aliphatic heterocycles. The fourth-order valence-electron chi connectivity index (χ4n) is 0.734. The van der Waals surface area contributed by atoms with Gasteiger partial charge in [-0.2, -0.15) is 0 Å². The van der Waals surface area contributed by atoms with E-state index in [-0.39, 0.29) is 10.8 Å². The van der Waals surface area contributed by atoms with Crippen LogP contribution in [-0.4, -0.2) is 16.5 Å². The van der Waals surface area contributed by atoms with E-state index in [1.165, 1.54) is 11.8 Å². The van der Waals surface area contributed by atoms with E-state index in [2.05, 4.69) is 19.2 Å². The van der Waals surface area contributed by atoms with Crippen molar-refractivity contribution < 1.29 is 4.79 Å². The van der Waals surface area contributed by atoms with Gasteiger partial charge in [0, 0.05) is 11.3 Å². The Kier molecular flexibility index (Phi) is 1.70. The average molecular weight is 145 g/mol. The third-order valence-electron chi connectivity index (χ3n) is 1.71. The lowest BCUT2D eigenvalue weighted by Crippen LogP contribution is -2.39. The highest BCUT2D eigenvalue weighted by atomic mass is 32.2. The van der Waals surface area contributed by atoms with Gasteiger partial charge in [-0.1, -0.05) is 18.7 Å². The molecule has 0 aromatic rings. The summed E-state index contributed by atoms with van der Waals surface area (Å²) in [4.78, 5) is 10.7. The maximum Gasteiger partial charge on any atom is 0.279 e. The topological polar surface area (TPSA) is 29.1 Å². The van der Waals surface area contributed by atoms with Crippen LogP contribution in [0.15, 0.2) is 0 Å². The molecule has 0 spiro atoms. The molecular formula is C6H11NOS. The lowest BCUT2D eigenvalue weighted by atomic mass is 10.0. The number of carbonyl (C=O) groups is 1. The minimum absolute atomic E-state index is 0.0712. The van der Waals surface area contributed by atoms with Crippen LogP contribution in [-0.2, 0) is 0 Å². The van der Waals surface area contributed by atoms with Gasteiger partial charge in [-0.05, 0) is 13.3 Å². The van der Waals surface area contributed by atoms with Crippen molar-refractivity contribution in [3.05, 3.63) is 0 Å². The van der Waals surface area contributed by atoms with Crippen molar-refractivity contribution in [3.8, 4) is 0 Å². The molecule has 0 aromatic carbocycles. The number of carbonyl (C=O) groups excluding carboxylic acids is 1. The van der Waals surface area contributed by atoms with E-state index < -0.39 is 0 Å². The predicted molar refractivity (Wildman–Crippen MR) is 39.7 cm³/mol. The molecule has 1 N–H and O–H groups in total. The Hall–Kier alpha value is -0.180. The highest BCUT2D eigenvalue weighted by Crippen LogP contribution is 2.24. The normalized spacial score (nSPS) is 34.7. The molecular weight excluding hydrogens is 134 g/mol. The van der Waals surface area contributed by atoms with Gasteiger partial charge in [0.25, 0.3) is 5.24 Å². The first-order valence-corrected chi connectivity index (χ1v) is 4.10. The largest absolute Gasteiger partial charge is 0.341 e. The Bertz CT molecular complexity index is 137. The smallest absolute Gasteiger partial charge is 0.279 e. The van der Waals surface area contributed by atoms with E-state index in [0.29, 0.717) is 0 Å². The lowest BCUT2D eigenvalue weighted by Gasteiger charge is -2.19. The van der Waals surface area contributed by atoms with Gasteiger partial charge in [-0.3, -0.25) is 4.79 Å². The third-order valence-corrected chi connectivity index (χ3v) is 2.85. The molecule has 0 bridgehead atoms. The summed E-state index contributed by atoms with van der Waals surface area (Å²) < 4.78 is 0. The number of hydrogen-bond acceptors (Lipinski definition) is 2. The van der Waals surface area contributed by atoms with E-state index in [9.17, 15) is 4.79 Å². The molecule has 1 amide bonds. The number of thioether (sulfide) groups is 1. The Balaban J connectivity index is 2.54. The average Bonchev–Trinajstić information content (AvgIpc) is 2.13. The summed E-state index contributed by atoms with van der Waals surface area (Å²) in [7, 11) is 0. The van der Waals surface area contributed by atoms with Crippen molar-refractivity contribution in [2.45, 2.75) is 25.8 Å². The molecule has 9 heavy (non-hydrogen) atoms. The number of amides is 1. The fraction of sp³-hybridized carbons (Fsp3) is 0.833. The number of nitrogens with one attached hydrogen (secondary N) is 1. The van der Waals surface area contributed by atoms with E-state index in [4.69, 9.17) is 0 Å². The molecule has 0 radical (unpaired) electrons. The van der Waals surface area contributed by atoms with Crippen LogP contribution in [0.2, 0.25) is 0 Å². The lowest BCUT2D eigenvalue weighted by molar-refractivity contribution is 0.254. The molecule has 1 unspecified atom stereocenters. The van der Waals surface area contributed by atoms with Crippen LogP contribution < -0.4 is 5.32 Å². The van der Waals surface area contributed by atoms with Gasteiger partial charge in [0.15, 0.2) is 0 Å². The molecule has 0 aliphatic carbocycles. The minimum Gasteiger partial charge on any atom is -0.341 e. The standard InChI is InChI=1S/C6H11NOS/c1-3-6(2)4-9-5(8)7-6/h3-4H2,1-2H3,(H,7,8). The second kappa shape index (κ2) is 2.21. The molecule has 2 nitrogen and oxygen atoms in total. The van der Waals surface area contributed by atoms with Gasteiger partial charge < -0.3 is 5.32 Å². The number of hydrogen-bond donors (Lipinski definition) is 1. The van der Waals surface area contributed by atoms with Crippen LogP contribution in [0.3, 0.4) is 0 Å². The summed E-state index contributed by atoms with van der Waals surface area (Å²) in [6, 6.07) is 0. The second-order valence-corrected chi connectivity index (χ2v) is 3.56. The summed E-state index contributed by atoms with van der Waals surface area (Å²) in [5.41, 5.74) is 0.0712. The predicted octanol–water partition coefficient (Wildman–Crippen LogP) is 1.61. The molecule has 3 heteroatoms. The van der Waals surface area contributed by atoms with Gasteiger partial charge in [0.2, 0.25) is 0 Å². The van der Waals surface area contributed by atoms with Crippen molar-refractivity contribution >= 4 is 17.0 Å². The van der Waals surface area contributed by atoms with Crippen molar-refractivity contribution in [2.24, 2.45) is 0 Å². The molecule has 1 fully saturated rings. The Labute approximate surface area is 59.4 Å². The molecule has 0 aromatic heterocycles. The maximum atomic E-state index is 10.7. The van der Waals surface area contributed by atoms with E-state index >= 15 is 0 Å². The summed E-state index contributed by atoms with van der Waals surface area (Å²) >= 11 is 1.38. The van der Waals surface area contributed by atoms with Crippen molar-refractivity contribution in [3.63, 3.8) is 0 Å². The van der Waals surface area contributed by atoms with Gasteiger partial charge in [0.05, 0.1) is 0 Å². The zero-order chi connectivity index (χ0) is 6.91. The number of rotatable bonds is 1. The first kappa shape index (κ1) is 6.93. The van der Waals surface area contributed by atoms with E-state index in [0.717, 1.165) is 12.2 Å². The summed E-state index contributed by atoms with van der Waals surface area (Å²) in [5.74, 6) is 0.919. The van der Waals surface area contributed by atoms with Gasteiger partial charge in [0.1, 0.15) is 0 Å². The second-order valence-electron chi connectivity index (χ2n) is 2.62. The first-order chi connectivity index (χ1) is 4.16. The summed E-state index contributed by atoms with van der Waals surface area (Å²) in [6.45, 7) is 4.16. The van der Waals surface area contributed by atoms with Gasteiger partial charge >= 0.3 is 0 Å². The van der Waals surface area contributed by atoms with Crippen molar-refractivity contribution in [1.82, 2.24) is 5.32 Å². The highest BCUT2D eigenvalue weighted by molar-refractivity contribution is 8.14. The zero-order valence-electron chi connectivity index (χ0n) is 5.73. The van der Waals surface area contributed by atoms with Crippen molar-refractivity contribution in [1.29, 1.82) is 0 Å². The van der Waals surface area contributed by atoms with Crippen LogP contribution in [0, 0.1) is 0 Å². The monoisotopic (exact) mass is 145 g/mol. The SMILES string of the molecule is CCC1(C)CSC(=O)N1. The molecule has 1 aliphatic rings. The van der Waals surface area contributed by atoms with Crippen LogP contribution in [0.5, 0.6) is 0 Å². The quantitative estimate of drug-likeness (QED) is 0.607. The highest BCUT2D eigenvalue weighted by Gasteiger charge is 2.31. The molecule has 1 atom stereocenters. The van der Waals surface area contributed by atoms with Crippen LogP contribution in [0.1, 0.15) is 20.3 Å². The van der Waals surface area contributed by atoms with E-state index in [1.807, 2.05) is 0 Å². The van der Waals surface area contributed by atoms with Gasteiger partial charge in [-0.15, -0.1) is 0 Å². The third kappa shape index (κ3) is 1.39. The van der Waals surface area contributed by atoms with Crippen LogP contribution >= 0.6 is 11.8 Å².